The topological polar surface area (TPSA) is 43.5 Å². The zero-order chi connectivity index (χ0) is 27.0. The Hall–Kier alpha value is -5.13. The molecule has 0 spiro atoms. The molecule has 192 valence electrons. The number of benzene rings is 6. The van der Waals surface area contributed by atoms with E-state index < -0.39 is 10.0 Å². The molecule has 0 amide bonds. The third-order valence-corrected chi connectivity index (χ3v) is 10.7. The molecule has 5 heteroatoms. The van der Waals surface area contributed by atoms with Crippen LogP contribution in [0.1, 0.15) is 0 Å². The van der Waals surface area contributed by atoms with E-state index in [0.717, 1.165) is 76.6 Å². The maximum absolute atomic E-state index is 14.6. The molecule has 0 saturated heterocycles. The van der Waals surface area contributed by atoms with Gasteiger partial charge in [-0.05, 0) is 52.6 Å². The number of nitrogens with zero attached hydrogens (tertiary/aromatic N) is 2. The van der Waals surface area contributed by atoms with E-state index in [0.29, 0.717) is 10.4 Å². The molecular formula is C36H20N2O2S. The van der Waals surface area contributed by atoms with Crippen LogP contribution >= 0.6 is 0 Å². The van der Waals surface area contributed by atoms with Gasteiger partial charge < -0.3 is 4.40 Å². The quantitative estimate of drug-likeness (QED) is 0.218. The Labute approximate surface area is 234 Å². The van der Waals surface area contributed by atoms with E-state index in [1.54, 1.807) is 10.0 Å². The van der Waals surface area contributed by atoms with Gasteiger partial charge in [-0.15, -0.1) is 0 Å². The van der Waals surface area contributed by atoms with Gasteiger partial charge in [-0.3, -0.25) is 0 Å². The first-order valence-corrected chi connectivity index (χ1v) is 15.2. The summed E-state index contributed by atoms with van der Waals surface area (Å²) in [7, 11) is -3.90. The molecule has 4 nitrogen and oxygen atoms in total. The van der Waals surface area contributed by atoms with Gasteiger partial charge in [0, 0.05) is 32.3 Å². The molecule has 3 aromatic heterocycles. The normalized spacial score (nSPS) is 14.2. The minimum atomic E-state index is -3.90. The van der Waals surface area contributed by atoms with Crippen molar-refractivity contribution < 1.29 is 8.42 Å². The number of fused-ring (bicyclic) bond motifs is 5. The van der Waals surface area contributed by atoms with Crippen LogP contribution in [0.15, 0.2) is 126 Å². The fourth-order valence-electron chi connectivity index (χ4n) is 7.33. The summed E-state index contributed by atoms with van der Waals surface area (Å²) in [6.07, 6.45) is 0. The largest absolute Gasteiger partial charge is 0.304 e. The first-order chi connectivity index (χ1) is 20.1. The maximum Gasteiger partial charge on any atom is 0.270 e. The molecule has 0 N–H and O–H groups in total. The lowest BCUT2D eigenvalue weighted by Crippen LogP contribution is -2.12. The first-order valence-electron chi connectivity index (χ1n) is 13.7. The zero-order valence-corrected chi connectivity index (χ0v) is 22.5. The second-order valence-electron chi connectivity index (χ2n) is 11.0. The zero-order valence-electron chi connectivity index (χ0n) is 21.7. The fraction of sp³-hybridized carbons (Fsp3) is 0. The Balaban J connectivity index is 1.60. The van der Waals surface area contributed by atoms with Crippen LogP contribution in [-0.2, 0) is 10.0 Å². The molecule has 41 heavy (non-hydrogen) atoms. The monoisotopic (exact) mass is 544 g/mol. The summed E-state index contributed by atoms with van der Waals surface area (Å²) in [5.41, 5.74) is 8.69. The van der Waals surface area contributed by atoms with Gasteiger partial charge in [-0.25, -0.2) is 12.4 Å². The summed E-state index contributed by atoms with van der Waals surface area (Å²) in [6, 6.07) is 41.2. The highest BCUT2D eigenvalue weighted by atomic mass is 32.2. The van der Waals surface area contributed by atoms with Gasteiger partial charge in [-0.2, -0.15) is 0 Å². The number of para-hydroxylation sites is 2. The maximum atomic E-state index is 14.6. The smallest absolute Gasteiger partial charge is 0.270 e. The molecule has 4 heterocycles. The van der Waals surface area contributed by atoms with Crippen molar-refractivity contribution in [3.8, 4) is 22.3 Å². The van der Waals surface area contributed by atoms with Crippen molar-refractivity contribution in [3.63, 3.8) is 0 Å². The van der Waals surface area contributed by atoms with E-state index in [1.165, 1.54) is 0 Å². The van der Waals surface area contributed by atoms with Gasteiger partial charge in [0.1, 0.15) is 4.90 Å². The second-order valence-corrected chi connectivity index (χ2v) is 12.7. The molecule has 0 atom stereocenters. The Kier molecular flexibility index (Phi) is 3.77. The summed E-state index contributed by atoms with van der Waals surface area (Å²) < 4.78 is 33.1. The van der Waals surface area contributed by atoms with Crippen LogP contribution in [0, 0.1) is 0 Å². The summed E-state index contributed by atoms with van der Waals surface area (Å²) in [5.74, 6) is 0. The molecule has 0 unspecified atom stereocenters. The average Bonchev–Trinajstić information content (AvgIpc) is 3.64. The van der Waals surface area contributed by atoms with Crippen molar-refractivity contribution in [3.05, 3.63) is 121 Å². The van der Waals surface area contributed by atoms with Crippen LogP contribution in [-0.4, -0.2) is 16.8 Å². The highest BCUT2D eigenvalue weighted by Gasteiger charge is 2.35. The number of hydrogen-bond acceptors (Lipinski definition) is 2. The lowest BCUT2D eigenvalue weighted by atomic mass is 9.94. The SMILES string of the molecule is O=S1(=O)c2cccc3c4cc(-c5ccccc5)cc5c6c(-c7ccccc7)cc7c8ccccc8n1c7c6n(c23)c45. The third-order valence-electron chi connectivity index (χ3n) is 8.94. The minimum Gasteiger partial charge on any atom is -0.304 e. The van der Waals surface area contributed by atoms with E-state index in [2.05, 4.69) is 77.2 Å². The fourth-order valence-corrected chi connectivity index (χ4v) is 9.07. The van der Waals surface area contributed by atoms with Crippen molar-refractivity contribution in [1.82, 2.24) is 8.37 Å². The Morgan fingerprint density at radius 1 is 0.463 bits per heavy atom. The predicted molar refractivity (Wildman–Crippen MR) is 168 cm³/mol. The third kappa shape index (κ3) is 2.46. The molecule has 6 aromatic carbocycles. The molecule has 10 rings (SSSR count). The van der Waals surface area contributed by atoms with Gasteiger partial charge in [0.05, 0.1) is 27.6 Å². The Bertz CT molecular complexity index is 2680. The Morgan fingerprint density at radius 3 is 1.93 bits per heavy atom. The van der Waals surface area contributed by atoms with E-state index >= 15 is 0 Å². The van der Waals surface area contributed by atoms with E-state index in [9.17, 15) is 8.42 Å². The van der Waals surface area contributed by atoms with Crippen molar-refractivity contribution in [2.45, 2.75) is 4.90 Å². The van der Waals surface area contributed by atoms with Crippen LogP contribution in [0.3, 0.4) is 0 Å². The van der Waals surface area contributed by atoms with E-state index in [-0.39, 0.29) is 0 Å². The average molecular weight is 545 g/mol. The number of rotatable bonds is 2. The van der Waals surface area contributed by atoms with Gasteiger partial charge >= 0.3 is 0 Å². The summed E-state index contributed by atoms with van der Waals surface area (Å²) in [4.78, 5) is 0.339. The number of hydrogen-bond donors (Lipinski definition) is 0. The van der Waals surface area contributed by atoms with Crippen molar-refractivity contribution in [2.24, 2.45) is 0 Å². The highest BCUT2D eigenvalue weighted by molar-refractivity contribution is 7.90. The summed E-state index contributed by atoms with van der Waals surface area (Å²) in [6.45, 7) is 0. The molecule has 1 aliphatic rings. The first kappa shape index (κ1) is 21.7. The van der Waals surface area contributed by atoms with Crippen molar-refractivity contribution in [1.29, 1.82) is 0 Å². The van der Waals surface area contributed by atoms with Crippen LogP contribution in [0.25, 0.3) is 82.2 Å². The molecule has 0 bridgehead atoms. The van der Waals surface area contributed by atoms with Crippen LogP contribution < -0.4 is 0 Å². The van der Waals surface area contributed by atoms with Crippen molar-refractivity contribution in [2.75, 3.05) is 0 Å². The standard InChI is InChI=1S/C36H20N2O2S/c39-41(40)31-17-9-15-25-27-18-23(21-10-3-1-4-11-21)19-29-32-26(22-12-5-2-6-13-22)20-28-24-14-7-8-16-30(24)38(41)35(28)36(32)37(33(27)29)34(25)31/h1-20H. The highest BCUT2D eigenvalue weighted by Crippen LogP contribution is 2.51. The lowest BCUT2D eigenvalue weighted by molar-refractivity contribution is 0.591. The van der Waals surface area contributed by atoms with Crippen LogP contribution in [0.5, 0.6) is 0 Å². The van der Waals surface area contributed by atoms with Crippen LogP contribution in [0.4, 0.5) is 0 Å². The molecule has 9 aromatic rings. The molecule has 0 radical (unpaired) electrons. The molecule has 0 fully saturated rings. The number of aromatic nitrogens is 2. The molecule has 0 aliphatic carbocycles. The molecule has 0 saturated carbocycles. The summed E-state index contributed by atoms with van der Waals surface area (Å²) in [5, 5.41) is 6.13. The van der Waals surface area contributed by atoms with E-state index in [4.69, 9.17) is 0 Å². The predicted octanol–water partition coefficient (Wildman–Crippen LogP) is 8.83. The van der Waals surface area contributed by atoms with E-state index in [1.807, 2.05) is 42.5 Å². The van der Waals surface area contributed by atoms with Gasteiger partial charge in [0.25, 0.3) is 10.0 Å². The molecule has 1 aliphatic heterocycles. The Morgan fingerprint density at radius 2 is 1.12 bits per heavy atom. The lowest BCUT2D eigenvalue weighted by Gasteiger charge is -2.10. The van der Waals surface area contributed by atoms with Gasteiger partial charge in [-0.1, -0.05) is 91.0 Å². The second kappa shape index (κ2) is 7.14. The summed E-state index contributed by atoms with van der Waals surface area (Å²) >= 11 is 0. The van der Waals surface area contributed by atoms with Crippen LogP contribution in [0.2, 0.25) is 0 Å². The van der Waals surface area contributed by atoms with Gasteiger partial charge in [0.15, 0.2) is 0 Å². The minimum absolute atomic E-state index is 0.339. The van der Waals surface area contributed by atoms with Crippen molar-refractivity contribution >= 4 is 69.9 Å². The van der Waals surface area contributed by atoms with Gasteiger partial charge in [0.2, 0.25) is 0 Å². The molecular weight excluding hydrogens is 524 g/mol.